The van der Waals surface area contributed by atoms with E-state index in [4.69, 9.17) is 0 Å². The minimum absolute atomic E-state index is 0.0942. The summed E-state index contributed by atoms with van der Waals surface area (Å²) in [5.74, 6) is -0.618. The lowest BCUT2D eigenvalue weighted by Crippen LogP contribution is -2.33. The quantitative estimate of drug-likeness (QED) is 0.461. The zero-order chi connectivity index (χ0) is 21.3. The van der Waals surface area contributed by atoms with E-state index in [2.05, 4.69) is 10.3 Å². The Morgan fingerprint density at radius 1 is 1.20 bits per heavy atom. The largest absolute Gasteiger partial charge is 0.508 e. The molecule has 2 aromatic carbocycles. The number of anilines is 1. The van der Waals surface area contributed by atoms with Crippen molar-refractivity contribution < 1.29 is 14.3 Å². The summed E-state index contributed by atoms with van der Waals surface area (Å²) in [5.41, 5.74) is 1.56. The second-order valence-corrected chi connectivity index (χ2v) is 7.61. The Balaban J connectivity index is 1.73. The van der Waals surface area contributed by atoms with Gasteiger partial charge in [-0.3, -0.25) is 14.2 Å². The Kier molecular flexibility index (Phi) is 5.33. The molecule has 0 aliphatic carbocycles. The molecule has 0 aliphatic rings. The molecule has 0 aliphatic heterocycles. The molecule has 0 fully saturated rings. The number of amides is 1. The van der Waals surface area contributed by atoms with Gasteiger partial charge in [-0.2, -0.15) is 0 Å². The number of benzene rings is 2. The van der Waals surface area contributed by atoms with Crippen molar-refractivity contribution >= 4 is 33.1 Å². The molecule has 8 heteroatoms. The van der Waals surface area contributed by atoms with Crippen LogP contribution in [0.4, 0.5) is 10.1 Å². The average Bonchev–Trinajstić information content (AvgIpc) is 3.17. The van der Waals surface area contributed by atoms with Gasteiger partial charge in [0.05, 0.1) is 11.7 Å². The molecule has 1 unspecified atom stereocenters. The van der Waals surface area contributed by atoms with Gasteiger partial charge in [0.25, 0.3) is 5.56 Å². The number of aromatic hydroxyl groups is 1. The number of carbonyl (C=O) groups excluding carboxylic acids is 1. The second kappa shape index (κ2) is 8.08. The van der Waals surface area contributed by atoms with E-state index in [1.807, 2.05) is 12.3 Å². The van der Waals surface area contributed by atoms with E-state index < -0.39 is 6.04 Å². The Bertz CT molecular complexity index is 1260. The van der Waals surface area contributed by atoms with Crippen LogP contribution in [0.25, 0.3) is 21.3 Å². The fourth-order valence-electron chi connectivity index (χ4n) is 3.29. The highest BCUT2D eigenvalue weighted by atomic mass is 32.1. The summed E-state index contributed by atoms with van der Waals surface area (Å²) in [7, 11) is 0. The molecule has 4 rings (SSSR count). The number of aromatic nitrogens is 2. The lowest BCUT2D eigenvalue weighted by Gasteiger charge is -2.18. The van der Waals surface area contributed by atoms with E-state index in [-0.39, 0.29) is 23.0 Å². The van der Waals surface area contributed by atoms with Gasteiger partial charge in [0, 0.05) is 16.6 Å². The number of phenols is 1. The fraction of sp³-hybridized carbons (Fsp3) is 0.136. The lowest BCUT2D eigenvalue weighted by molar-refractivity contribution is -0.119. The molecule has 2 N–H and O–H groups in total. The molecule has 2 heterocycles. The molecule has 30 heavy (non-hydrogen) atoms. The first kappa shape index (κ1) is 19.8. The van der Waals surface area contributed by atoms with Gasteiger partial charge in [0.15, 0.2) is 0 Å². The first-order chi connectivity index (χ1) is 14.5. The summed E-state index contributed by atoms with van der Waals surface area (Å²) in [4.78, 5) is 31.1. The molecule has 0 bridgehead atoms. The van der Waals surface area contributed by atoms with Gasteiger partial charge >= 0.3 is 0 Å². The highest BCUT2D eigenvalue weighted by Crippen LogP contribution is 2.31. The van der Waals surface area contributed by atoms with Crippen molar-refractivity contribution in [3.8, 4) is 16.9 Å². The van der Waals surface area contributed by atoms with Gasteiger partial charge in [-0.1, -0.05) is 19.1 Å². The molecule has 4 aromatic rings. The predicted molar refractivity (Wildman–Crippen MR) is 115 cm³/mol. The van der Waals surface area contributed by atoms with Crippen LogP contribution in [-0.4, -0.2) is 20.6 Å². The molecule has 1 atom stereocenters. The Labute approximate surface area is 175 Å². The summed E-state index contributed by atoms with van der Waals surface area (Å²) >= 11 is 1.33. The first-order valence-electron chi connectivity index (χ1n) is 9.32. The molecule has 2 aromatic heterocycles. The highest BCUT2D eigenvalue weighted by molar-refractivity contribution is 7.17. The maximum absolute atomic E-state index is 13.3. The number of nitrogens with one attached hydrogen (secondary N) is 1. The van der Waals surface area contributed by atoms with Crippen LogP contribution >= 0.6 is 11.3 Å². The van der Waals surface area contributed by atoms with Crippen LogP contribution in [0.3, 0.4) is 0 Å². The fourth-order valence-corrected chi connectivity index (χ4v) is 4.19. The maximum Gasteiger partial charge on any atom is 0.263 e. The standard InChI is InChI=1S/C22H18FN3O3S/c1-2-18(20(28)25-15-7-9-16(27)10-8-15)26-12-24-21-19(22(26)29)17(11-30-21)13-3-5-14(23)6-4-13/h3-12,18,27H,2H2,1H3,(H,25,28). The molecule has 0 spiro atoms. The lowest BCUT2D eigenvalue weighted by atomic mass is 10.1. The molecule has 0 saturated heterocycles. The third-order valence-electron chi connectivity index (χ3n) is 4.83. The van der Waals surface area contributed by atoms with Gasteiger partial charge < -0.3 is 10.4 Å². The first-order valence-corrected chi connectivity index (χ1v) is 10.2. The van der Waals surface area contributed by atoms with Crippen molar-refractivity contribution in [3.63, 3.8) is 0 Å². The van der Waals surface area contributed by atoms with Gasteiger partial charge in [-0.15, -0.1) is 11.3 Å². The van der Waals surface area contributed by atoms with Crippen molar-refractivity contribution in [2.24, 2.45) is 0 Å². The van der Waals surface area contributed by atoms with E-state index in [9.17, 15) is 19.1 Å². The van der Waals surface area contributed by atoms with Crippen LogP contribution in [0.1, 0.15) is 19.4 Å². The van der Waals surface area contributed by atoms with Gasteiger partial charge in [0.2, 0.25) is 5.91 Å². The molecule has 152 valence electrons. The van der Waals surface area contributed by atoms with E-state index in [1.165, 1.54) is 46.5 Å². The summed E-state index contributed by atoms with van der Waals surface area (Å²) in [5, 5.41) is 14.4. The van der Waals surface area contributed by atoms with Crippen LogP contribution in [0, 0.1) is 5.82 Å². The van der Waals surface area contributed by atoms with Crippen molar-refractivity contribution in [1.29, 1.82) is 0 Å². The SMILES string of the molecule is CCC(C(=O)Nc1ccc(O)cc1)n1cnc2scc(-c3ccc(F)cc3)c2c1=O. The minimum Gasteiger partial charge on any atom is -0.508 e. The summed E-state index contributed by atoms with van der Waals surface area (Å²) < 4.78 is 14.6. The number of thiophene rings is 1. The number of rotatable bonds is 5. The summed E-state index contributed by atoms with van der Waals surface area (Å²) in [6, 6.07) is 11.2. The van der Waals surface area contributed by atoms with E-state index >= 15 is 0 Å². The van der Waals surface area contributed by atoms with Crippen LogP contribution in [0.15, 0.2) is 65.0 Å². The van der Waals surface area contributed by atoms with Gasteiger partial charge in [-0.05, 0) is 48.4 Å². The van der Waals surface area contributed by atoms with Gasteiger partial charge in [0.1, 0.15) is 22.4 Å². The summed E-state index contributed by atoms with van der Waals surface area (Å²) in [6.07, 6.45) is 1.77. The van der Waals surface area contributed by atoms with E-state index in [1.54, 1.807) is 24.3 Å². The minimum atomic E-state index is -0.760. The number of phenolic OH excluding ortho intramolecular Hbond substituents is 1. The zero-order valence-electron chi connectivity index (χ0n) is 16.0. The molecular formula is C22H18FN3O3S. The molecule has 0 radical (unpaired) electrons. The van der Waals surface area contributed by atoms with Crippen LogP contribution in [0.2, 0.25) is 0 Å². The van der Waals surface area contributed by atoms with Crippen molar-refractivity contribution in [1.82, 2.24) is 9.55 Å². The third-order valence-corrected chi connectivity index (χ3v) is 5.72. The number of hydrogen-bond acceptors (Lipinski definition) is 5. The van der Waals surface area contributed by atoms with E-state index in [0.29, 0.717) is 33.5 Å². The van der Waals surface area contributed by atoms with Crippen molar-refractivity contribution in [2.75, 3.05) is 5.32 Å². The average molecular weight is 423 g/mol. The molecule has 0 saturated carbocycles. The third kappa shape index (κ3) is 3.69. The normalized spacial score (nSPS) is 12.1. The van der Waals surface area contributed by atoms with Crippen molar-refractivity contribution in [3.05, 3.63) is 76.4 Å². The topological polar surface area (TPSA) is 84.2 Å². The highest BCUT2D eigenvalue weighted by Gasteiger charge is 2.23. The number of nitrogens with zero attached hydrogens (tertiary/aromatic N) is 2. The molecule has 6 nitrogen and oxygen atoms in total. The molecule has 1 amide bonds. The number of carbonyl (C=O) groups is 1. The number of fused-ring (bicyclic) bond motifs is 1. The zero-order valence-corrected chi connectivity index (χ0v) is 16.8. The molecular weight excluding hydrogens is 405 g/mol. The van der Waals surface area contributed by atoms with Crippen LogP contribution in [-0.2, 0) is 4.79 Å². The number of hydrogen-bond donors (Lipinski definition) is 2. The smallest absolute Gasteiger partial charge is 0.263 e. The van der Waals surface area contributed by atoms with Crippen molar-refractivity contribution in [2.45, 2.75) is 19.4 Å². The second-order valence-electron chi connectivity index (χ2n) is 6.75. The monoisotopic (exact) mass is 423 g/mol. The Morgan fingerprint density at radius 2 is 1.90 bits per heavy atom. The van der Waals surface area contributed by atoms with Crippen LogP contribution < -0.4 is 10.9 Å². The summed E-state index contributed by atoms with van der Waals surface area (Å²) in [6.45, 7) is 1.81. The van der Waals surface area contributed by atoms with Crippen LogP contribution in [0.5, 0.6) is 5.75 Å². The predicted octanol–water partition coefficient (Wildman–Crippen LogP) is 4.56. The number of halogens is 1. The Hall–Kier alpha value is -3.52. The Morgan fingerprint density at radius 3 is 2.57 bits per heavy atom. The van der Waals surface area contributed by atoms with Gasteiger partial charge in [-0.25, -0.2) is 9.37 Å². The van der Waals surface area contributed by atoms with E-state index in [0.717, 1.165) is 0 Å². The maximum atomic E-state index is 13.3.